The largest absolute Gasteiger partial charge is 0.491 e. The summed E-state index contributed by atoms with van der Waals surface area (Å²) in [6.07, 6.45) is 2.18. The van der Waals surface area contributed by atoms with Crippen molar-refractivity contribution in [2.45, 2.75) is 46.2 Å². The Morgan fingerprint density at radius 2 is 1.95 bits per heavy atom. The van der Waals surface area contributed by atoms with Crippen LogP contribution in [0.1, 0.15) is 39.2 Å². The zero-order valence-electron chi connectivity index (χ0n) is 12.7. The third kappa shape index (κ3) is 7.46. The van der Waals surface area contributed by atoms with E-state index in [1.807, 2.05) is 6.07 Å². The van der Waals surface area contributed by atoms with Gasteiger partial charge in [0.15, 0.2) is 0 Å². The number of halogens is 1. The molecule has 0 spiro atoms. The first-order valence-electron chi connectivity index (χ1n) is 7.35. The number of nitrogens with one attached hydrogen (secondary N) is 1. The summed E-state index contributed by atoms with van der Waals surface area (Å²) in [5.41, 5.74) is 0.889. The molecule has 0 aliphatic carbocycles. The lowest BCUT2D eigenvalue weighted by Gasteiger charge is -2.11. The molecule has 0 atom stereocenters. The van der Waals surface area contributed by atoms with E-state index in [2.05, 4.69) is 26.1 Å². The minimum atomic E-state index is -0.269. The lowest BCUT2D eigenvalue weighted by molar-refractivity contribution is 0.0979. The molecule has 0 heterocycles. The number of hydrogen-bond acceptors (Lipinski definition) is 3. The molecule has 0 radical (unpaired) electrons. The summed E-state index contributed by atoms with van der Waals surface area (Å²) in [5.74, 6) is 0.291. The average molecular weight is 283 g/mol. The van der Waals surface area contributed by atoms with Crippen LogP contribution in [-0.2, 0) is 11.3 Å². The van der Waals surface area contributed by atoms with E-state index < -0.39 is 0 Å². The average Bonchev–Trinajstić information content (AvgIpc) is 2.40. The van der Waals surface area contributed by atoms with Crippen LogP contribution in [0.2, 0.25) is 0 Å². The standard InChI is InChI=1S/C16H26FNO2/c1-4-5-6-19-7-8-20-16-10-14(9-15(17)11-16)12-18-13(2)3/h9-11,13,18H,4-8,12H2,1-3H3. The Balaban J connectivity index is 2.37. The topological polar surface area (TPSA) is 30.5 Å². The molecule has 0 saturated carbocycles. The van der Waals surface area contributed by atoms with Crippen molar-refractivity contribution >= 4 is 0 Å². The van der Waals surface area contributed by atoms with Crippen LogP contribution in [0.4, 0.5) is 4.39 Å². The van der Waals surface area contributed by atoms with E-state index in [9.17, 15) is 4.39 Å². The number of ether oxygens (including phenoxy) is 2. The molecular weight excluding hydrogens is 257 g/mol. The molecule has 0 unspecified atom stereocenters. The van der Waals surface area contributed by atoms with Crippen molar-refractivity contribution in [3.05, 3.63) is 29.6 Å². The summed E-state index contributed by atoms with van der Waals surface area (Å²) in [6.45, 7) is 8.62. The Morgan fingerprint density at radius 3 is 2.65 bits per heavy atom. The predicted molar refractivity (Wildman–Crippen MR) is 79.6 cm³/mol. The zero-order chi connectivity index (χ0) is 14.8. The van der Waals surface area contributed by atoms with Gasteiger partial charge in [0.2, 0.25) is 0 Å². The van der Waals surface area contributed by atoms with Crippen molar-refractivity contribution in [3.8, 4) is 5.75 Å². The van der Waals surface area contributed by atoms with Gasteiger partial charge in [-0.25, -0.2) is 4.39 Å². The molecule has 0 fully saturated rings. The second-order valence-electron chi connectivity index (χ2n) is 5.15. The molecule has 3 nitrogen and oxygen atoms in total. The summed E-state index contributed by atoms with van der Waals surface area (Å²) in [6, 6.07) is 5.17. The van der Waals surface area contributed by atoms with Crippen LogP contribution in [-0.4, -0.2) is 25.9 Å². The molecule has 114 valence electrons. The molecule has 4 heteroatoms. The highest BCUT2D eigenvalue weighted by Crippen LogP contribution is 2.16. The Bertz CT molecular complexity index is 383. The van der Waals surface area contributed by atoms with Crippen molar-refractivity contribution in [3.63, 3.8) is 0 Å². The smallest absolute Gasteiger partial charge is 0.127 e. The number of unbranched alkanes of at least 4 members (excludes halogenated alkanes) is 1. The van der Waals surface area contributed by atoms with Crippen LogP contribution in [0.15, 0.2) is 18.2 Å². The van der Waals surface area contributed by atoms with Crippen molar-refractivity contribution < 1.29 is 13.9 Å². The highest BCUT2D eigenvalue weighted by molar-refractivity contribution is 5.29. The number of benzene rings is 1. The molecule has 1 N–H and O–H groups in total. The monoisotopic (exact) mass is 283 g/mol. The summed E-state index contributed by atoms with van der Waals surface area (Å²) in [4.78, 5) is 0. The normalized spacial score (nSPS) is 11.1. The lowest BCUT2D eigenvalue weighted by Crippen LogP contribution is -2.21. The van der Waals surface area contributed by atoms with Gasteiger partial charge in [0.05, 0.1) is 6.61 Å². The van der Waals surface area contributed by atoms with E-state index >= 15 is 0 Å². The maximum absolute atomic E-state index is 13.5. The van der Waals surface area contributed by atoms with Gasteiger partial charge in [0.25, 0.3) is 0 Å². The first kappa shape index (κ1) is 16.9. The maximum Gasteiger partial charge on any atom is 0.127 e. The molecule has 0 amide bonds. The molecular formula is C16H26FNO2. The SMILES string of the molecule is CCCCOCCOc1cc(F)cc(CNC(C)C)c1. The second-order valence-corrected chi connectivity index (χ2v) is 5.15. The minimum absolute atomic E-state index is 0.269. The van der Waals surface area contributed by atoms with Gasteiger partial charge >= 0.3 is 0 Å². The van der Waals surface area contributed by atoms with Gasteiger partial charge in [0.1, 0.15) is 18.2 Å². The van der Waals surface area contributed by atoms with E-state index in [0.29, 0.717) is 31.5 Å². The van der Waals surface area contributed by atoms with Gasteiger partial charge in [-0.05, 0) is 24.1 Å². The fourth-order valence-electron chi connectivity index (χ4n) is 1.70. The lowest BCUT2D eigenvalue weighted by atomic mass is 10.2. The van der Waals surface area contributed by atoms with Gasteiger partial charge in [-0.1, -0.05) is 27.2 Å². The van der Waals surface area contributed by atoms with Crippen LogP contribution in [0.5, 0.6) is 5.75 Å². The summed E-state index contributed by atoms with van der Waals surface area (Å²) >= 11 is 0. The molecule has 0 aliphatic rings. The van der Waals surface area contributed by atoms with E-state index in [4.69, 9.17) is 9.47 Å². The molecule has 1 aromatic carbocycles. The van der Waals surface area contributed by atoms with Crippen LogP contribution < -0.4 is 10.1 Å². The quantitative estimate of drug-likeness (QED) is 0.666. The van der Waals surface area contributed by atoms with Gasteiger partial charge in [0, 0.05) is 25.3 Å². The first-order valence-corrected chi connectivity index (χ1v) is 7.35. The Labute approximate surface area is 121 Å². The second kappa shape index (κ2) is 9.72. The first-order chi connectivity index (χ1) is 9.61. The predicted octanol–water partition coefficient (Wildman–Crippen LogP) is 3.52. The van der Waals surface area contributed by atoms with Gasteiger partial charge in [-0.2, -0.15) is 0 Å². The van der Waals surface area contributed by atoms with Crippen molar-refractivity contribution in [2.75, 3.05) is 19.8 Å². The van der Waals surface area contributed by atoms with Gasteiger partial charge in [-0.3, -0.25) is 0 Å². The van der Waals surface area contributed by atoms with Crippen LogP contribution in [0.25, 0.3) is 0 Å². The Kier molecular flexibility index (Phi) is 8.23. The van der Waals surface area contributed by atoms with Crippen molar-refractivity contribution in [1.29, 1.82) is 0 Å². The molecule has 0 bridgehead atoms. The highest BCUT2D eigenvalue weighted by atomic mass is 19.1. The van der Waals surface area contributed by atoms with E-state index in [1.54, 1.807) is 0 Å². The molecule has 0 aliphatic heterocycles. The molecule has 0 saturated heterocycles. The Hall–Kier alpha value is -1.13. The zero-order valence-corrected chi connectivity index (χ0v) is 12.7. The summed E-state index contributed by atoms with van der Waals surface area (Å²) in [5, 5.41) is 3.26. The number of hydrogen-bond donors (Lipinski definition) is 1. The van der Waals surface area contributed by atoms with E-state index in [-0.39, 0.29) is 5.82 Å². The van der Waals surface area contributed by atoms with Gasteiger partial charge in [-0.15, -0.1) is 0 Å². The highest BCUT2D eigenvalue weighted by Gasteiger charge is 2.03. The van der Waals surface area contributed by atoms with Crippen LogP contribution in [0, 0.1) is 5.82 Å². The summed E-state index contributed by atoms with van der Waals surface area (Å²) < 4.78 is 24.4. The summed E-state index contributed by atoms with van der Waals surface area (Å²) in [7, 11) is 0. The van der Waals surface area contributed by atoms with E-state index in [0.717, 1.165) is 25.0 Å². The minimum Gasteiger partial charge on any atom is -0.491 e. The van der Waals surface area contributed by atoms with E-state index in [1.165, 1.54) is 12.1 Å². The van der Waals surface area contributed by atoms with Crippen molar-refractivity contribution in [1.82, 2.24) is 5.32 Å². The Morgan fingerprint density at radius 1 is 1.15 bits per heavy atom. The molecule has 1 aromatic rings. The molecule has 0 aromatic heterocycles. The molecule has 20 heavy (non-hydrogen) atoms. The third-order valence-electron chi connectivity index (χ3n) is 2.78. The van der Waals surface area contributed by atoms with Crippen LogP contribution in [0.3, 0.4) is 0 Å². The fourth-order valence-corrected chi connectivity index (χ4v) is 1.70. The third-order valence-corrected chi connectivity index (χ3v) is 2.78. The van der Waals surface area contributed by atoms with Crippen molar-refractivity contribution in [2.24, 2.45) is 0 Å². The van der Waals surface area contributed by atoms with Gasteiger partial charge < -0.3 is 14.8 Å². The molecule has 1 rings (SSSR count). The maximum atomic E-state index is 13.5. The fraction of sp³-hybridized carbons (Fsp3) is 0.625. The van der Waals surface area contributed by atoms with Crippen LogP contribution >= 0.6 is 0 Å². The number of rotatable bonds is 10.